The molecule has 0 aromatic carbocycles. The van der Waals surface area contributed by atoms with Crippen molar-refractivity contribution < 1.29 is 9.59 Å². The van der Waals surface area contributed by atoms with Gasteiger partial charge in [-0.3, -0.25) is 9.59 Å². The smallest absolute Gasteiger partial charge is 0.272 e. The quantitative estimate of drug-likeness (QED) is 0.725. The summed E-state index contributed by atoms with van der Waals surface area (Å²) in [5.74, 6) is -0.417. The topological polar surface area (TPSA) is 92.7 Å². The van der Waals surface area contributed by atoms with Crippen LogP contribution in [0.1, 0.15) is 47.7 Å². The zero-order valence-corrected chi connectivity index (χ0v) is 13.1. The normalized spacial score (nSPS) is 11.1. The van der Waals surface area contributed by atoms with Gasteiger partial charge in [0.25, 0.3) is 5.91 Å². The summed E-state index contributed by atoms with van der Waals surface area (Å²) in [6.07, 6.45) is 4.83. The molecule has 1 amide bonds. The van der Waals surface area contributed by atoms with E-state index in [0.29, 0.717) is 16.9 Å². The predicted octanol–water partition coefficient (Wildman–Crippen LogP) is 2.80. The Hall–Kier alpha value is -2.96. The Morgan fingerprint density at radius 2 is 2.04 bits per heavy atom. The van der Waals surface area contributed by atoms with Crippen molar-refractivity contribution in [3.8, 4) is 0 Å². The number of Topliss-reactive ketones (excluding diaryl/α,β-unsaturated/α-hetero) is 1. The molecule has 118 valence electrons. The van der Waals surface area contributed by atoms with Crippen LogP contribution in [0.3, 0.4) is 0 Å². The van der Waals surface area contributed by atoms with Crippen LogP contribution < -0.4 is 5.32 Å². The number of amides is 1. The molecule has 0 atom stereocenters. The second-order valence-corrected chi connectivity index (χ2v) is 5.63. The van der Waals surface area contributed by atoms with E-state index in [4.69, 9.17) is 0 Å². The van der Waals surface area contributed by atoms with E-state index >= 15 is 0 Å². The number of nitrogens with one attached hydrogen (secondary N) is 2. The first-order valence-electron chi connectivity index (χ1n) is 7.29. The van der Waals surface area contributed by atoms with E-state index in [1.807, 2.05) is 24.6 Å². The molecule has 0 bridgehead atoms. The van der Waals surface area contributed by atoms with Crippen molar-refractivity contribution >= 4 is 28.4 Å². The highest BCUT2D eigenvalue weighted by Gasteiger charge is 2.13. The maximum Gasteiger partial charge on any atom is 0.272 e. The van der Waals surface area contributed by atoms with Gasteiger partial charge in [0.05, 0.1) is 18.1 Å². The molecule has 0 aliphatic heterocycles. The van der Waals surface area contributed by atoms with E-state index in [9.17, 15) is 9.59 Å². The molecule has 0 aliphatic rings. The Labute approximate surface area is 132 Å². The first-order chi connectivity index (χ1) is 11.0. The van der Waals surface area contributed by atoms with Gasteiger partial charge < -0.3 is 10.3 Å². The lowest BCUT2D eigenvalue weighted by molar-refractivity contribution is 0.101. The number of ketones is 1. The minimum absolute atomic E-state index is 0.0931. The van der Waals surface area contributed by atoms with Crippen LogP contribution in [0.15, 0.2) is 30.7 Å². The molecule has 3 rings (SSSR count). The molecule has 0 aliphatic carbocycles. The van der Waals surface area contributed by atoms with Crippen LogP contribution in [0.5, 0.6) is 0 Å². The maximum absolute atomic E-state index is 12.2. The summed E-state index contributed by atoms with van der Waals surface area (Å²) in [6, 6.07) is 3.56. The van der Waals surface area contributed by atoms with Crippen LogP contribution in [-0.2, 0) is 0 Å². The number of H-pyrrole nitrogens is 1. The van der Waals surface area contributed by atoms with Crippen molar-refractivity contribution in [2.24, 2.45) is 0 Å². The first kappa shape index (κ1) is 15.0. The van der Waals surface area contributed by atoms with Crippen LogP contribution in [0.25, 0.3) is 11.0 Å². The number of nitrogens with zero attached hydrogens (tertiary/aromatic N) is 3. The number of hydrogen-bond acceptors (Lipinski definition) is 4. The fraction of sp³-hybridized carbons (Fsp3) is 0.250. The summed E-state index contributed by atoms with van der Waals surface area (Å²) < 4.78 is 1.82. The first-order valence-corrected chi connectivity index (χ1v) is 7.29. The van der Waals surface area contributed by atoms with Gasteiger partial charge in [0.15, 0.2) is 11.4 Å². The number of aromatic amines is 1. The van der Waals surface area contributed by atoms with Crippen LogP contribution in [-0.4, -0.2) is 31.4 Å². The minimum atomic E-state index is -0.324. The highest BCUT2D eigenvalue weighted by Crippen LogP contribution is 2.19. The number of rotatable bonds is 4. The van der Waals surface area contributed by atoms with E-state index in [2.05, 4.69) is 20.4 Å². The van der Waals surface area contributed by atoms with Gasteiger partial charge in [0.2, 0.25) is 0 Å². The average Bonchev–Trinajstić information content (AvgIpc) is 3.13. The lowest BCUT2D eigenvalue weighted by atomic mass is 10.2. The summed E-state index contributed by atoms with van der Waals surface area (Å²) in [5, 5.41) is 7.91. The molecule has 0 unspecified atom stereocenters. The second-order valence-electron chi connectivity index (χ2n) is 5.63. The maximum atomic E-state index is 12.2. The van der Waals surface area contributed by atoms with Gasteiger partial charge in [-0.2, -0.15) is 5.10 Å². The molecular weight excluding hydrogens is 294 g/mol. The summed E-state index contributed by atoms with van der Waals surface area (Å²) in [7, 11) is 0. The predicted molar refractivity (Wildman–Crippen MR) is 86.7 cm³/mol. The van der Waals surface area contributed by atoms with E-state index < -0.39 is 0 Å². The zero-order chi connectivity index (χ0) is 16.6. The number of carbonyl (C=O) groups is 2. The van der Waals surface area contributed by atoms with E-state index in [1.54, 1.807) is 12.4 Å². The Morgan fingerprint density at radius 1 is 1.26 bits per heavy atom. The highest BCUT2D eigenvalue weighted by molar-refractivity contribution is 6.05. The third-order valence-corrected chi connectivity index (χ3v) is 3.51. The molecule has 0 radical (unpaired) electrons. The molecule has 3 aromatic heterocycles. The van der Waals surface area contributed by atoms with Gasteiger partial charge in [0, 0.05) is 23.2 Å². The number of aromatic nitrogens is 4. The molecule has 3 heterocycles. The van der Waals surface area contributed by atoms with Crippen molar-refractivity contribution in [1.82, 2.24) is 19.7 Å². The third kappa shape index (κ3) is 2.85. The molecule has 0 spiro atoms. The number of anilines is 1. The van der Waals surface area contributed by atoms with E-state index in [0.717, 1.165) is 11.0 Å². The summed E-state index contributed by atoms with van der Waals surface area (Å²) >= 11 is 0. The summed E-state index contributed by atoms with van der Waals surface area (Å²) in [5.41, 5.74) is 2.15. The van der Waals surface area contributed by atoms with Gasteiger partial charge in [-0.15, -0.1) is 0 Å². The Kier molecular flexibility index (Phi) is 3.69. The van der Waals surface area contributed by atoms with Crippen molar-refractivity contribution in [3.63, 3.8) is 0 Å². The molecule has 0 saturated heterocycles. The van der Waals surface area contributed by atoms with E-state index in [-0.39, 0.29) is 17.7 Å². The molecule has 23 heavy (non-hydrogen) atoms. The van der Waals surface area contributed by atoms with Crippen molar-refractivity contribution in [2.45, 2.75) is 26.8 Å². The molecule has 2 N–H and O–H groups in total. The van der Waals surface area contributed by atoms with Gasteiger partial charge in [-0.1, -0.05) is 0 Å². The number of fused-ring (bicyclic) bond motifs is 1. The number of pyridine rings is 1. The SMILES string of the molecule is CC(=O)c1c[nH]c(C(=O)Nc2cnc3c(cnn3C(C)C)c2)c1. The van der Waals surface area contributed by atoms with Crippen LogP contribution >= 0.6 is 0 Å². The van der Waals surface area contributed by atoms with E-state index in [1.165, 1.54) is 19.2 Å². The number of carbonyl (C=O) groups excluding carboxylic acids is 2. The summed E-state index contributed by atoms with van der Waals surface area (Å²) in [4.78, 5) is 30.6. The van der Waals surface area contributed by atoms with Gasteiger partial charge in [0.1, 0.15) is 5.69 Å². The lowest BCUT2D eigenvalue weighted by Gasteiger charge is -2.07. The molecule has 0 saturated carbocycles. The van der Waals surface area contributed by atoms with Gasteiger partial charge >= 0.3 is 0 Å². The average molecular weight is 311 g/mol. The third-order valence-electron chi connectivity index (χ3n) is 3.51. The van der Waals surface area contributed by atoms with Crippen LogP contribution in [0.4, 0.5) is 5.69 Å². The lowest BCUT2D eigenvalue weighted by Crippen LogP contribution is -2.12. The Morgan fingerprint density at radius 3 is 2.70 bits per heavy atom. The van der Waals surface area contributed by atoms with Gasteiger partial charge in [-0.25, -0.2) is 9.67 Å². The Bertz CT molecular complexity index is 891. The highest BCUT2D eigenvalue weighted by atomic mass is 16.2. The molecule has 7 heteroatoms. The Balaban J connectivity index is 1.83. The van der Waals surface area contributed by atoms with Crippen molar-refractivity contribution in [2.75, 3.05) is 5.32 Å². The standard InChI is InChI=1S/C16H17N5O2/c1-9(2)21-15-12(7-19-21)4-13(8-18-15)20-16(23)14-5-11(6-17-14)10(3)22/h4-9,17H,1-3H3,(H,20,23). The van der Waals surface area contributed by atoms with Crippen molar-refractivity contribution in [1.29, 1.82) is 0 Å². The minimum Gasteiger partial charge on any atom is -0.356 e. The fourth-order valence-corrected chi connectivity index (χ4v) is 2.31. The monoisotopic (exact) mass is 311 g/mol. The zero-order valence-electron chi connectivity index (χ0n) is 13.1. The molecule has 3 aromatic rings. The van der Waals surface area contributed by atoms with Crippen LogP contribution in [0.2, 0.25) is 0 Å². The molecule has 0 fully saturated rings. The second kappa shape index (κ2) is 5.68. The largest absolute Gasteiger partial charge is 0.356 e. The number of hydrogen-bond donors (Lipinski definition) is 2. The summed E-state index contributed by atoms with van der Waals surface area (Å²) in [6.45, 7) is 5.51. The van der Waals surface area contributed by atoms with Gasteiger partial charge in [-0.05, 0) is 32.9 Å². The fourth-order valence-electron chi connectivity index (χ4n) is 2.31. The van der Waals surface area contributed by atoms with Crippen molar-refractivity contribution in [3.05, 3.63) is 42.0 Å². The van der Waals surface area contributed by atoms with Crippen LogP contribution in [0, 0.1) is 0 Å². The molecular formula is C16H17N5O2. The molecule has 7 nitrogen and oxygen atoms in total.